The first-order valence-electron chi connectivity index (χ1n) is 7.52. The summed E-state index contributed by atoms with van der Waals surface area (Å²) in [5, 5.41) is 0. The third-order valence-electron chi connectivity index (χ3n) is 3.80. The van der Waals surface area contributed by atoms with Gasteiger partial charge in [-0.3, -0.25) is 0 Å². The highest BCUT2D eigenvalue weighted by atomic mass is 32.2. The van der Waals surface area contributed by atoms with Crippen LogP contribution in [0.2, 0.25) is 0 Å². The Morgan fingerprint density at radius 1 is 1.12 bits per heavy atom. The largest absolute Gasteiger partial charge is 0.465 e. The van der Waals surface area contributed by atoms with Gasteiger partial charge in [-0.25, -0.2) is 17.9 Å². The molecule has 0 aromatic heterocycles. The van der Waals surface area contributed by atoms with Gasteiger partial charge in [0.15, 0.2) is 0 Å². The topological polar surface area (TPSA) is 72.5 Å². The van der Waals surface area contributed by atoms with Crippen LogP contribution in [0.3, 0.4) is 0 Å². The molecule has 24 heavy (non-hydrogen) atoms. The fourth-order valence-corrected chi connectivity index (χ4v) is 3.77. The van der Waals surface area contributed by atoms with E-state index in [2.05, 4.69) is 9.46 Å². The molecular formula is C18H21NO4S. The number of carbonyl (C=O) groups excluding carboxylic acids is 1. The van der Waals surface area contributed by atoms with Crippen molar-refractivity contribution in [3.8, 4) is 0 Å². The number of aryl methyl sites for hydroxylation is 2. The van der Waals surface area contributed by atoms with Gasteiger partial charge in [0.2, 0.25) is 10.0 Å². The molecule has 5 nitrogen and oxygen atoms in total. The zero-order valence-electron chi connectivity index (χ0n) is 14.2. The summed E-state index contributed by atoms with van der Waals surface area (Å²) in [4.78, 5) is 11.6. The molecule has 0 spiro atoms. The van der Waals surface area contributed by atoms with E-state index in [0.717, 1.165) is 16.7 Å². The number of carbonyl (C=O) groups is 1. The van der Waals surface area contributed by atoms with E-state index >= 15 is 0 Å². The van der Waals surface area contributed by atoms with Crippen LogP contribution in [0.25, 0.3) is 0 Å². The van der Waals surface area contributed by atoms with Crippen molar-refractivity contribution in [2.24, 2.45) is 0 Å². The first kappa shape index (κ1) is 18.2. The maximum absolute atomic E-state index is 12.6. The molecule has 0 radical (unpaired) electrons. The molecular weight excluding hydrogens is 326 g/mol. The third kappa shape index (κ3) is 4.01. The van der Waals surface area contributed by atoms with Gasteiger partial charge in [-0.1, -0.05) is 29.8 Å². The number of sulfonamides is 1. The van der Waals surface area contributed by atoms with Crippen LogP contribution >= 0.6 is 0 Å². The highest BCUT2D eigenvalue weighted by Crippen LogP contribution is 2.22. The number of nitrogens with one attached hydrogen (secondary N) is 1. The molecule has 0 amide bonds. The number of benzene rings is 2. The van der Waals surface area contributed by atoms with Gasteiger partial charge in [-0.15, -0.1) is 0 Å². The lowest BCUT2D eigenvalue weighted by Gasteiger charge is -2.17. The second-order valence-corrected chi connectivity index (χ2v) is 7.44. The van der Waals surface area contributed by atoms with Crippen LogP contribution < -0.4 is 4.72 Å². The van der Waals surface area contributed by atoms with E-state index in [-0.39, 0.29) is 10.5 Å². The highest BCUT2D eigenvalue weighted by molar-refractivity contribution is 7.89. The quantitative estimate of drug-likeness (QED) is 0.844. The highest BCUT2D eigenvalue weighted by Gasteiger charge is 2.20. The average Bonchev–Trinajstić information content (AvgIpc) is 2.56. The molecule has 2 rings (SSSR count). The van der Waals surface area contributed by atoms with Gasteiger partial charge in [-0.2, -0.15) is 0 Å². The Balaban J connectivity index is 2.31. The van der Waals surface area contributed by atoms with Gasteiger partial charge in [0.1, 0.15) is 0 Å². The molecule has 128 valence electrons. The Morgan fingerprint density at radius 3 is 2.50 bits per heavy atom. The standard InChI is InChI=1S/C18H21NO4S/c1-12-8-9-13(2)17(10-12)14(3)19-24(21,22)16-7-5-6-15(11-16)18(20)23-4/h5-11,14,19H,1-4H3. The Labute approximate surface area is 142 Å². The molecule has 0 bridgehead atoms. The maximum atomic E-state index is 12.6. The van der Waals surface area contributed by atoms with Crippen LogP contribution in [0.15, 0.2) is 47.4 Å². The number of esters is 1. The third-order valence-corrected chi connectivity index (χ3v) is 5.34. The van der Waals surface area contributed by atoms with E-state index in [4.69, 9.17) is 0 Å². The lowest BCUT2D eigenvalue weighted by Crippen LogP contribution is -2.27. The Hall–Kier alpha value is -2.18. The van der Waals surface area contributed by atoms with Crippen molar-refractivity contribution in [1.82, 2.24) is 4.72 Å². The van der Waals surface area contributed by atoms with E-state index in [0.29, 0.717) is 0 Å². The minimum atomic E-state index is -3.76. The van der Waals surface area contributed by atoms with Gasteiger partial charge in [0.25, 0.3) is 0 Å². The zero-order chi connectivity index (χ0) is 17.9. The SMILES string of the molecule is COC(=O)c1cccc(S(=O)(=O)NC(C)c2cc(C)ccc2C)c1. The van der Waals surface area contributed by atoms with Crippen molar-refractivity contribution in [3.05, 3.63) is 64.7 Å². The molecule has 1 N–H and O–H groups in total. The molecule has 0 fully saturated rings. The number of hydrogen-bond acceptors (Lipinski definition) is 4. The number of methoxy groups -OCH3 is 1. The Morgan fingerprint density at radius 2 is 1.83 bits per heavy atom. The number of rotatable bonds is 5. The second-order valence-electron chi connectivity index (χ2n) is 5.72. The summed E-state index contributed by atoms with van der Waals surface area (Å²) in [6, 6.07) is 11.3. The monoisotopic (exact) mass is 347 g/mol. The van der Waals surface area contributed by atoms with E-state index in [1.807, 2.05) is 32.0 Å². The average molecular weight is 347 g/mol. The van der Waals surface area contributed by atoms with Gasteiger partial charge in [0.05, 0.1) is 17.6 Å². The van der Waals surface area contributed by atoms with Crippen molar-refractivity contribution >= 4 is 16.0 Å². The molecule has 0 saturated carbocycles. The minimum Gasteiger partial charge on any atom is -0.465 e. The second kappa shape index (κ2) is 7.15. The predicted molar refractivity (Wildman–Crippen MR) is 92.4 cm³/mol. The van der Waals surface area contributed by atoms with Crippen molar-refractivity contribution in [3.63, 3.8) is 0 Å². The molecule has 0 saturated heterocycles. The summed E-state index contributed by atoms with van der Waals surface area (Å²) in [7, 11) is -2.50. The summed E-state index contributed by atoms with van der Waals surface area (Å²) < 4.78 is 32.5. The van der Waals surface area contributed by atoms with Crippen LogP contribution in [0.1, 0.15) is 40.0 Å². The molecule has 0 aliphatic heterocycles. The molecule has 2 aromatic carbocycles. The van der Waals surface area contributed by atoms with Gasteiger partial charge < -0.3 is 4.74 Å². The molecule has 1 unspecified atom stereocenters. The predicted octanol–water partition coefficient (Wildman–Crippen LogP) is 3.13. The molecule has 0 heterocycles. The summed E-state index contributed by atoms with van der Waals surface area (Å²) in [5.41, 5.74) is 3.19. The van der Waals surface area contributed by atoms with E-state index in [9.17, 15) is 13.2 Å². The lowest BCUT2D eigenvalue weighted by atomic mass is 10.0. The maximum Gasteiger partial charge on any atom is 0.337 e. The van der Waals surface area contributed by atoms with Crippen LogP contribution in [0.5, 0.6) is 0 Å². The van der Waals surface area contributed by atoms with Gasteiger partial charge in [-0.05, 0) is 50.1 Å². The van der Waals surface area contributed by atoms with E-state index < -0.39 is 22.0 Å². The van der Waals surface area contributed by atoms with Crippen molar-refractivity contribution in [2.75, 3.05) is 7.11 Å². The summed E-state index contributed by atoms with van der Waals surface area (Å²) in [6.45, 7) is 5.70. The number of ether oxygens (including phenoxy) is 1. The Bertz CT molecular complexity index is 859. The van der Waals surface area contributed by atoms with Gasteiger partial charge >= 0.3 is 5.97 Å². The molecule has 1 atom stereocenters. The van der Waals surface area contributed by atoms with E-state index in [1.165, 1.54) is 31.4 Å². The van der Waals surface area contributed by atoms with Crippen LogP contribution in [-0.2, 0) is 14.8 Å². The van der Waals surface area contributed by atoms with Crippen LogP contribution in [-0.4, -0.2) is 21.5 Å². The van der Waals surface area contributed by atoms with Crippen molar-refractivity contribution in [2.45, 2.75) is 31.7 Å². The van der Waals surface area contributed by atoms with E-state index in [1.54, 1.807) is 6.92 Å². The first-order valence-corrected chi connectivity index (χ1v) is 9.01. The fraction of sp³-hybridized carbons (Fsp3) is 0.278. The van der Waals surface area contributed by atoms with Crippen molar-refractivity contribution in [1.29, 1.82) is 0 Å². The molecule has 0 aliphatic rings. The summed E-state index contributed by atoms with van der Waals surface area (Å²) in [5.74, 6) is -0.574. The summed E-state index contributed by atoms with van der Waals surface area (Å²) >= 11 is 0. The lowest BCUT2D eigenvalue weighted by molar-refractivity contribution is 0.0600. The summed E-state index contributed by atoms with van der Waals surface area (Å²) in [6.07, 6.45) is 0. The fourth-order valence-electron chi connectivity index (χ4n) is 2.50. The van der Waals surface area contributed by atoms with Crippen LogP contribution in [0, 0.1) is 13.8 Å². The normalized spacial score (nSPS) is 12.7. The van der Waals surface area contributed by atoms with Crippen LogP contribution in [0.4, 0.5) is 0 Å². The molecule has 6 heteroatoms. The van der Waals surface area contributed by atoms with Gasteiger partial charge in [0, 0.05) is 6.04 Å². The molecule has 0 aliphatic carbocycles. The minimum absolute atomic E-state index is 0.0301. The number of hydrogen-bond donors (Lipinski definition) is 1. The Kier molecular flexibility index (Phi) is 5.41. The smallest absolute Gasteiger partial charge is 0.337 e. The van der Waals surface area contributed by atoms with Crippen molar-refractivity contribution < 1.29 is 17.9 Å². The zero-order valence-corrected chi connectivity index (χ0v) is 15.0. The first-order chi connectivity index (χ1) is 11.2. The molecule has 2 aromatic rings.